The van der Waals surface area contributed by atoms with Crippen molar-refractivity contribution in [2.24, 2.45) is 11.8 Å². The summed E-state index contributed by atoms with van der Waals surface area (Å²) in [7, 11) is 0. The molecule has 5 nitrogen and oxygen atoms in total. The van der Waals surface area contributed by atoms with Gasteiger partial charge < -0.3 is 9.80 Å². The molecule has 1 aromatic carbocycles. The molecule has 0 radical (unpaired) electrons. The molecule has 1 aromatic rings. The molecule has 118 valence electrons. The monoisotopic (exact) mass is 308 g/mol. The van der Waals surface area contributed by atoms with Gasteiger partial charge in [0.2, 0.25) is 5.91 Å². The summed E-state index contributed by atoms with van der Waals surface area (Å²) in [6.45, 7) is 4.97. The topological polar surface area (TPSA) is 71.1 Å². The van der Waals surface area contributed by atoms with Crippen molar-refractivity contribution >= 4 is 5.91 Å². The molecule has 0 N–H and O–H groups in total. The number of hydrogen-bond donors (Lipinski definition) is 0. The molecule has 2 atom stereocenters. The van der Waals surface area contributed by atoms with Crippen molar-refractivity contribution in [2.75, 3.05) is 26.2 Å². The zero-order chi connectivity index (χ0) is 16.4. The summed E-state index contributed by atoms with van der Waals surface area (Å²) in [4.78, 5) is 16.2. The van der Waals surface area contributed by atoms with Crippen LogP contribution >= 0.6 is 0 Å². The van der Waals surface area contributed by atoms with E-state index >= 15 is 0 Å². The van der Waals surface area contributed by atoms with Gasteiger partial charge in [-0.3, -0.25) is 4.79 Å². The van der Waals surface area contributed by atoms with E-state index in [1.54, 1.807) is 4.90 Å². The highest BCUT2D eigenvalue weighted by molar-refractivity contribution is 5.80. The highest BCUT2D eigenvalue weighted by Gasteiger charge is 2.38. The lowest BCUT2D eigenvalue weighted by Crippen LogP contribution is -2.51. The van der Waals surface area contributed by atoms with Crippen molar-refractivity contribution in [3.63, 3.8) is 0 Å². The second-order valence-corrected chi connectivity index (χ2v) is 6.56. The van der Waals surface area contributed by atoms with E-state index in [1.807, 2.05) is 36.1 Å². The number of nitrogens with zero attached hydrogens (tertiary/aromatic N) is 4. The number of nitriles is 2. The molecule has 0 aromatic heterocycles. The first-order valence-corrected chi connectivity index (χ1v) is 8.06. The quantitative estimate of drug-likeness (QED) is 0.800. The molecule has 2 aliphatic rings. The number of carbonyl (C=O) groups is 1. The Labute approximate surface area is 136 Å². The molecular weight excluding hydrogens is 288 g/mol. The molecule has 23 heavy (non-hydrogen) atoms. The third kappa shape index (κ3) is 3.00. The van der Waals surface area contributed by atoms with Gasteiger partial charge in [-0.1, -0.05) is 19.1 Å². The molecule has 1 amide bonds. The van der Waals surface area contributed by atoms with E-state index in [2.05, 4.69) is 12.3 Å². The third-order valence-electron chi connectivity index (χ3n) is 5.17. The summed E-state index contributed by atoms with van der Waals surface area (Å²) in [5.74, 6) is 0.851. The molecular formula is C18H20N4O. The van der Waals surface area contributed by atoms with Crippen molar-refractivity contribution in [2.45, 2.75) is 19.3 Å². The SMILES string of the molecule is C[C@H](C(=O)N1CC(c2ccc(C#N)cc2)C1)C1CCN(C#N)C1. The summed E-state index contributed by atoms with van der Waals surface area (Å²) >= 11 is 0. The Kier molecular flexibility index (Phi) is 4.21. The van der Waals surface area contributed by atoms with Gasteiger partial charge in [-0.2, -0.15) is 10.5 Å². The lowest BCUT2D eigenvalue weighted by Gasteiger charge is -2.41. The maximum Gasteiger partial charge on any atom is 0.225 e. The normalized spacial score (nSPS) is 22.1. The maximum absolute atomic E-state index is 12.6. The third-order valence-corrected chi connectivity index (χ3v) is 5.17. The van der Waals surface area contributed by atoms with Crippen LogP contribution in [0.1, 0.15) is 30.4 Å². The van der Waals surface area contributed by atoms with Crippen molar-refractivity contribution < 1.29 is 4.79 Å². The van der Waals surface area contributed by atoms with Gasteiger partial charge in [-0.15, -0.1) is 0 Å². The van der Waals surface area contributed by atoms with Gasteiger partial charge in [0.1, 0.15) is 0 Å². The lowest BCUT2D eigenvalue weighted by atomic mass is 9.87. The zero-order valence-electron chi connectivity index (χ0n) is 13.3. The number of benzene rings is 1. The van der Waals surface area contributed by atoms with Gasteiger partial charge in [0.05, 0.1) is 11.6 Å². The fraction of sp³-hybridized carbons (Fsp3) is 0.500. The Bertz CT molecular complexity index is 664. The molecule has 0 aliphatic carbocycles. The molecule has 1 unspecified atom stereocenters. The van der Waals surface area contributed by atoms with Gasteiger partial charge in [0, 0.05) is 38.0 Å². The van der Waals surface area contributed by atoms with Crippen LogP contribution in [0.4, 0.5) is 0 Å². The van der Waals surface area contributed by atoms with Crippen LogP contribution in [0.15, 0.2) is 24.3 Å². The van der Waals surface area contributed by atoms with Gasteiger partial charge in [0.25, 0.3) is 0 Å². The molecule has 3 rings (SSSR count). The number of amides is 1. The Balaban J connectivity index is 1.53. The van der Waals surface area contributed by atoms with Crippen LogP contribution < -0.4 is 0 Å². The second-order valence-electron chi connectivity index (χ2n) is 6.56. The minimum Gasteiger partial charge on any atom is -0.341 e. The predicted octanol–water partition coefficient (Wildman–Crippen LogP) is 1.92. The minimum atomic E-state index is -0.0183. The fourth-order valence-corrected chi connectivity index (χ4v) is 3.48. The Morgan fingerprint density at radius 3 is 2.48 bits per heavy atom. The molecule has 2 aliphatic heterocycles. The Morgan fingerprint density at radius 1 is 1.22 bits per heavy atom. The van der Waals surface area contributed by atoms with E-state index in [0.717, 1.165) is 26.1 Å². The minimum absolute atomic E-state index is 0.0183. The highest BCUT2D eigenvalue weighted by atomic mass is 16.2. The number of carbonyl (C=O) groups excluding carboxylic acids is 1. The summed E-state index contributed by atoms with van der Waals surface area (Å²) in [6, 6.07) is 9.75. The standard InChI is InChI=1S/C18H20N4O/c1-13(16-6-7-21(9-16)12-20)18(23)22-10-17(11-22)15-4-2-14(8-19)3-5-15/h2-5,13,16-17H,6-7,9-11H2,1H3/t13-,16?/m0/s1. The van der Waals surface area contributed by atoms with Crippen LogP contribution in [0.2, 0.25) is 0 Å². The number of hydrogen-bond acceptors (Lipinski definition) is 4. The van der Waals surface area contributed by atoms with Crippen LogP contribution in [0.25, 0.3) is 0 Å². The van der Waals surface area contributed by atoms with Gasteiger partial charge >= 0.3 is 0 Å². The number of likely N-dealkylation sites (tertiary alicyclic amines) is 2. The number of rotatable bonds is 3. The summed E-state index contributed by atoms with van der Waals surface area (Å²) in [5, 5.41) is 17.8. The summed E-state index contributed by atoms with van der Waals surface area (Å²) in [5.41, 5.74) is 1.86. The van der Waals surface area contributed by atoms with E-state index in [-0.39, 0.29) is 17.7 Å². The van der Waals surface area contributed by atoms with Crippen LogP contribution in [-0.2, 0) is 4.79 Å². The lowest BCUT2D eigenvalue weighted by molar-refractivity contribution is -0.141. The molecule has 0 spiro atoms. The first-order chi connectivity index (χ1) is 11.1. The first kappa shape index (κ1) is 15.4. The maximum atomic E-state index is 12.6. The highest BCUT2D eigenvalue weighted by Crippen LogP contribution is 2.31. The van der Waals surface area contributed by atoms with Crippen LogP contribution in [0, 0.1) is 34.6 Å². The van der Waals surface area contributed by atoms with Crippen molar-refractivity contribution in [1.82, 2.24) is 9.80 Å². The van der Waals surface area contributed by atoms with Crippen LogP contribution in [0.5, 0.6) is 0 Å². The Hall–Kier alpha value is -2.53. The zero-order valence-corrected chi connectivity index (χ0v) is 13.3. The largest absolute Gasteiger partial charge is 0.341 e. The smallest absolute Gasteiger partial charge is 0.225 e. The van der Waals surface area contributed by atoms with Gasteiger partial charge in [0.15, 0.2) is 6.19 Å². The Morgan fingerprint density at radius 2 is 1.91 bits per heavy atom. The average molecular weight is 308 g/mol. The van der Waals surface area contributed by atoms with E-state index in [0.29, 0.717) is 18.0 Å². The molecule has 2 heterocycles. The first-order valence-electron chi connectivity index (χ1n) is 8.06. The van der Waals surface area contributed by atoms with E-state index < -0.39 is 0 Å². The average Bonchev–Trinajstić information content (AvgIpc) is 3.02. The molecule has 2 saturated heterocycles. The fourth-order valence-electron chi connectivity index (χ4n) is 3.48. The van der Waals surface area contributed by atoms with Crippen molar-refractivity contribution in [3.05, 3.63) is 35.4 Å². The summed E-state index contributed by atoms with van der Waals surface area (Å²) in [6.07, 6.45) is 3.09. The molecule has 0 saturated carbocycles. The molecule has 2 fully saturated rings. The van der Waals surface area contributed by atoms with Gasteiger partial charge in [-0.25, -0.2) is 0 Å². The second kappa shape index (κ2) is 6.30. The molecule has 0 bridgehead atoms. The van der Waals surface area contributed by atoms with Crippen LogP contribution in [-0.4, -0.2) is 41.9 Å². The molecule has 5 heteroatoms. The summed E-state index contributed by atoms with van der Waals surface area (Å²) < 4.78 is 0. The van der Waals surface area contributed by atoms with Crippen LogP contribution in [0.3, 0.4) is 0 Å². The van der Waals surface area contributed by atoms with Crippen molar-refractivity contribution in [1.29, 1.82) is 10.5 Å². The predicted molar refractivity (Wildman–Crippen MR) is 84.9 cm³/mol. The van der Waals surface area contributed by atoms with E-state index in [9.17, 15) is 4.79 Å². The van der Waals surface area contributed by atoms with E-state index in [4.69, 9.17) is 10.5 Å². The van der Waals surface area contributed by atoms with Gasteiger partial charge in [-0.05, 0) is 30.0 Å². The van der Waals surface area contributed by atoms with Crippen molar-refractivity contribution in [3.8, 4) is 12.3 Å². The van der Waals surface area contributed by atoms with E-state index in [1.165, 1.54) is 5.56 Å².